The zero-order valence-corrected chi connectivity index (χ0v) is 15.2. The number of carbonyl (C=O) groups is 1. The van der Waals surface area contributed by atoms with Gasteiger partial charge in [0.2, 0.25) is 17.6 Å². The van der Waals surface area contributed by atoms with Crippen molar-refractivity contribution in [2.45, 2.75) is 18.9 Å². The molecule has 0 saturated carbocycles. The molecule has 1 aromatic carbocycles. The van der Waals surface area contributed by atoms with E-state index in [-0.39, 0.29) is 24.2 Å². The van der Waals surface area contributed by atoms with Crippen molar-refractivity contribution in [3.8, 4) is 11.6 Å². The van der Waals surface area contributed by atoms with Gasteiger partial charge >= 0.3 is 0 Å². The van der Waals surface area contributed by atoms with Crippen molar-refractivity contribution in [2.75, 3.05) is 20.6 Å². The van der Waals surface area contributed by atoms with Crippen molar-refractivity contribution >= 4 is 5.91 Å². The SMILES string of the molecule is CN(C)C(CNC(=O)CCc1nc(-c2ccco2)no1)c1cccc(F)c1. The van der Waals surface area contributed by atoms with E-state index in [0.29, 0.717) is 30.4 Å². The maximum Gasteiger partial charge on any atom is 0.238 e. The van der Waals surface area contributed by atoms with E-state index in [9.17, 15) is 9.18 Å². The highest BCUT2D eigenvalue weighted by atomic mass is 19.1. The van der Waals surface area contributed by atoms with Crippen molar-refractivity contribution in [1.29, 1.82) is 0 Å². The zero-order valence-electron chi connectivity index (χ0n) is 15.2. The number of rotatable bonds is 8. The first-order valence-corrected chi connectivity index (χ1v) is 8.58. The number of halogens is 1. The van der Waals surface area contributed by atoms with Gasteiger partial charge in [-0.05, 0) is 43.9 Å². The van der Waals surface area contributed by atoms with E-state index in [1.54, 1.807) is 18.2 Å². The van der Waals surface area contributed by atoms with E-state index >= 15 is 0 Å². The monoisotopic (exact) mass is 372 g/mol. The van der Waals surface area contributed by atoms with Crippen LogP contribution in [0, 0.1) is 5.82 Å². The highest BCUT2D eigenvalue weighted by molar-refractivity contribution is 5.76. The number of hydrogen-bond donors (Lipinski definition) is 1. The average Bonchev–Trinajstić information content (AvgIpc) is 3.31. The van der Waals surface area contributed by atoms with Gasteiger partial charge in [-0.15, -0.1) is 0 Å². The van der Waals surface area contributed by atoms with Crippen molar-refractivity contribution in [3.63, 3.8) is 0 Å². The van der Waals surface area contributed by atoms with Crippen molar-refractivity contribution in [2.24, 2.45) is 0 Å². The molecular weight excluding hydrogens is 351 g/mol. The standard InChI is InChI=1S/C19H21FN4O3/c1-24(2)15(13-5-3-6-14(20)11-13)12-21-17(25)8-9-18-22-19(23-27-18)16-7-4-10-26-16/h3-7,10-11,15H,8-9,12H2,1-2H3,(H,21,25). The van der Waals surface area contributed by atoms with Crippen molar-refractivity contribution in [1.82, 2.24) is 20.4 Å². The lowest BCUT2D eigenvalue weighted by atomic mass is 10.1. The van der Waals surface area contributed by atoms with E-state index in [4.69, 9.17) is 8.94 Å². The fourth-order valence-corrected chi connectivity index (χ4v) is 2.69. The molecule has 0 spiro atoms. The van der Waals surface area contributed by atoms with Crippen LogP contribution in [0.5, 0.6) is 0 Å². The average molecular weight is 372 g/mol. The van der Waals surface area contributed by atoms with Gasteiger partial charge in [-0.3, -0.25) is 4.79 Å². The van der Waals surface area contributed by atoms with E-state index < -0.39 is 0 Å². The zero-order chi connectivity index (χ0) is 19.2. The predicted molar refractivity (Wildman–Crippen MR) is 96.2 cm³/mol. The molecule has 7 nitrogen and oxygen atoms in total. The first-order valence-electron chi connectivity index (χ1n) is 8.58. The molecule has 27 heavy (non-hydrogen) atoms. The minimum atomic E-state index is -0.297. The molecule has 0 radical (unpaired) electrons. The van der Waals surface area contributed by atoms with E-state index in [1.807, 2.05) is 25.1 Å². The van der Waals surface area contributed by atoms with Gasteiger partial charge in [-0.1, -0.05) is 17.3 Å². The number of amides is 1. The summed E-state index contributed by atoms with van der Waals surface area (Å²) in [5, 5.41) is 6.70. The summed E-state index contributed by atoms with van der Waals surface area (Å²) in [6.07, 6.45) is 2.06. The van der Waals surface area contributed by atoms with Crippen LogP contribution >= 0.6 is 0 Å². The predicted octanol–water partition coefficient (Wildman–Crippen LogP) is 2.82. The summed E-state index contributed by atoms with van der Waals surface area (Å²) in [5.41, 5.74) is 0.806. The Balaban J connectivity index is 1.51. The minimum absolute atomic E-state index is 0.126. The third kappa shape index (κ3) is 5.01. The quantitative estimate of drug-likeness (QED) is 0.655. The Kier molecular flexibility index (Phi) is 5.97. The minimum Gasteiger partial charge on any atom is -0.461 e. The Labute approximate surface area is 156 Å². The van der Waals surface area contributed by atoms with Crippen LogP contribution in [0.25, 0.3) is 11.6 Å². The summed E-state index contributed by atoms with van der Waals surface area (Å²) in [5.74, 6) is 0.795. The molecule has 2 aromatic heterocycles. The topological polar surface area (TPSA) is 84.4 Å². The number of hydrogen-bond acceptors (Lipinski definition) is 6. The molecule has 0 aliphatic carbocycles. The van der Waals surface area contributed by atoms with Crippen LogP contribution < -0.4 is 5.32 Å². The van der Waals surface area contributed by atoms with Gasteiger partial charge in [0, 0.05) is 19.4 Å². The van der Waals surface area contributed by atoms with Gasteiger partial charge in [0.25, 0.3) is 0 Å². The molecule has 0 aliphatic heterocycles. The van der Waals surface area contributed by atoms with Gasteiger partial charge in [-0.2, -0.15) is 4.98 Å². The maximum absolute atomic E-state index is 13.5. The molecule has 0 saturated heterocycles. The first kappa shape index (κ1) is 18.8. The van der Waals surface area contributed by atoms with Gasteiger partial charge in [-0.25, -0.2) is 4.39 Å². The summed E-state index contributed by atoms with van der Waals surface area (Å²) in [6.45, 7) is 0.372. The van der Waals surface area contributed by atoms with E-state index in [0.717, 1.165) is 5.56 Å². The summed E-state index contributed by atoms with van der Waals surface area (Å²) in [7, 11) is 3.77. The molecule has 3 rings (SSSR count). The van der Waals surface area contributed by atoms with E-state index in [2.05, 4.69) is 15.5 Å². The lowest BCUT2D eigenvalue weighted by Gasteiger charge is -2.25. The Bertz CT molecular complexity index is 877. The Morgan fingerprint density at radius 3 is 2.85 bits per heavy atom. The summed E-state index contributed by atoms with van der Waals surface area (Å²) in [4.78, 5) is 18.3. The molecule has 0 bridgehead atoms. The molecule has 1 atom stereocenters. The number of benzene rings is 1. The van der Waals surface area contributed by atoms with Crippen LogP contribution in [-0.4, -0.2) is 41.6 Å². The second-order valence-corrected chi connectivity index (χ2v) is 6.33. The van der Waals surface area contributed by atoms with Gasteiger partial charge < -0.3 is 19.2 Å². The molecular formula is C19H21FN4O3. The normalized spacial score (nSPS) is 12.3. The van der Waals surface area contributed by atoms with Crippen LogP contribution in [-0.2, 0) is 11.2 Å². The Morgan fingerprint density at radius 1 is 1.30 bits per heavy atom. The smallest absolute Gasteiger partial charge is 0.238 e. The van der Waals surface area contributed by atoms with Crippen molar-refractivity contribution < 1.29 is 18.1 Å². The number of aryl methyl sites for hydroxylation is 1. The number of carbonyl (C=O) groups excluding carboxylic acids is 1. The third-order valence-electron chi connectivity index (χ3n) is 4.12. The first-order chi connectivity index (χ1) is 13.0. The molecule has 1 amide bonds. The molecule has 142 valence electrons. The van der Waals surface area contributed by atoms with Crippen LogP contribution in [0.15, 0.2) is 51.6 Å². The van der Waals surface area contributed by atoms with Gasteiger partial charge in [0.1, 0.15) is 5.82 Å². The van der Waals surface area contributed by atoms with Gasteiger partial charge in [0.05, 0.1) is 12.3 Å². The Hall–Kier alpha value is -3.00. The number of nitrogens with one attached hydrogen (secondary N) is 1. The number of aromatic nitrogens is 2. The fraction of sp³-hybridized carbons (Fsp3) is 0.316. The molecule has 1 N–H and O–H groups in total. The number of nitrogens with zero attached hydrogens (tertiary/aromatic N) is 3. The molecule has 0 aliphatic rings. The second-order valence-electron chi connectivity index (χ2n) is 6.33. The maximum atomic E-state index is 13.5. The van der Waals surface area contributed by atoms with Crippen LogP contribution in [0.4, 0.5) is 4.39 Å². The molecule has 0 fully saturated rings. The highest BCUT2D eigenvalue weighted by Gasteiger charge is 2.17. The summed E-state index contributed by atoms with van der Waals surface area (Å²) < 4.78 is 23.8. The van der Waals surface area contributed by atoms with Crippen LogP contribution in [0.2, 0.25) is 0 Å². The molecule has 1 unspecified atom stereocenters. The molecule has 8 heteroatoms. The summed E-state index contributed by atoms with van der Waals surface area (Å²) in [6, 6.07) is 9.72. The number of likely N-dealkylation sites (N-methyl/N-ethyl adjacent to an activating group) is 1. The van der Waals surface area contributed by atoms with Crippen LogP contribution in [0.1, 0.15) is 23.9 Å². The highest BCUT2D eigenvalue weighted by Crippen LogP contribution is 2.19. The van der Waals surface area contributed by atoms with E-state index in [1.165, 1.54) is 18.4 Å². The van der Waals surface area contributed by atoms with Crippen molar-refractivity contribution in [3.05, 3.63) is 59.9 Å². The molecule has 2 heterocycles. The summed E-state index contributed by atoms with van der Waals surface area (Å²) >= 11 is 0. The second kappa shape index (κ2) is 8.59. The van der Waals surface area contributed by atoms with Crippen LogP contribution in [0.3, 0.4) is 0 Å². The Morgan fingerprint density at radius 2 is 2.15 bits per heavy atom. The fourth-order valence-electron chi connectivity index (χ4n) is 2.69. The lowest BCUT2D eigenvalue weighted by Crippen LogP contribution is -2.34. The molecule has 3 aromatic rings. The number of furan rings is 1. The third-order valence-corrected chi connectivity index (χ3v) is 4.12. The largest absolute Gasteiger partial charge is 0.461 e. The lowest BCUT2D eigenvalue weighted by molar-refractivity contribution is -0.121. The van der Waals surface area contributed by atoms with Gasteiger partial charge in [0.15, 0.2) is 5.76 Å².